The minimum atomic E-state index is -0.463. The van der Waals surface area contributed by atoms with Gasteiger partial charge in [-0.15, -0.1) is 0 Å². The largest absolute Gasteiger partial charge is 0.448 e. The number of carbonyl (C=O) groups excluding carboxylic acids is 4. The van der Waals surface area contributed by atoms with Crippen molar-refractivity contribution in [1.82, 2.24) is 20.9 Å². The van der Waals surface area contributed by atoms with E-state index in [0.29, 0.717) is 24.1 Å². The molecule has 2 atom stereocenters. The molecule has 2 amide bonds. The van der Waals surface area contributed by atoms with Gasteiger partial charge in [-0.25, -0.2) is 20.9 Å². The van der Waals surface area contributed by atoms with E-state index in [9.17, 15) is 19.2 Å². The first-order chi connectivity index (χ1) is 23.2. The molecule has 2 heterocycles. The van der Waals surface area contributed by atoms with Gasteiger partial charge in [0.2, 0.25) is 11.8 Å². The van der Waals surface area contributed by atoms with E-state index in [1.165, 1.54) is 97.0 Å². The minimum absolute atomic E-state index is 0.110. The molecule has 0 bridgehead atoms. The van der Waals surface area contributed by atoms with Crippen LogP contribution in [0.2, 0.25) is 0 Å². The summed E-state index contributed by atoms with van der Waals surface area (Å²) in [6, 6.07) is 0. The van der Waals surface area contributed by atoms with Gasteiger partial charge < -0.3 is 8.83 Å². The monoisotopic (exact) mass is 672 g/mol. The lowest BCUT2D eigenvalue weighted by molar-refractivity contribution is -0.133. The second kappa shape index (κ2) is 21.6. The highest BCUT2D eigenvalue weighted by atomic mass is 16.6. The van der Waals surface area contributed by atoms with E-state index >= 15 is 0 Å². The summed E-state index contributed by atoms with van der Waals surface area (Å²) in [6.45, 7) is 5.13. The number of hydroxylamine groups is 2. The van der Waals surface area contributed by atoms with Gasteiger partial charge >= 0.3 is 0 Å². The molecule has 0 aliphatic heterocycles. The highest BCUT2D eigenvalue weighted by molar-refractivity contribution is 5.92. The van der Waals surface area contributed by atoms with Crippen molar-refractivity contribution in [3.05, 3.63) is 35.7 Å². The molecule has 2 aromatic heterocycles. The number of carbonyl (C=O) groups is 4. The molecule has 48 heavy (non-hydrogen) atoms. The molecule has 12 nitrogen and oxygen atoms in total. The molecular formula is C36H56N4O8. The van der Waals surface area contributed by atoms with Crippen molar-refractivity contribution in [2.24, 2.45) is 11.8 Å². The summed E-state index contributed by atoms with van der Waals surface area (Å²) in [4.78, 5) is 59.7. The fourth-order valence-corrected chi connectivity index (χ4v) is 6.84. The van der Waals surface area contributed by atoms with Crippen LogP contribution in [0.15, 0.2) is 21.4 Å². The number of Topliss-reactive ketones (excluding diaryl/α,β-unsaturated/α-hetero) is 2. The first-order valence-electron chi connectivity index (χ1n) is 18.0. The molecule has 2 saturated carbocycles. The number of aromatic nitrogens is 2. The summed E-state index contributed by atoms with van der Waals surface area (Å²) in [5.74, 6) is 1.20. The number of ketones is 2. The van der Waals surface area contributed by atoms with Crippen molar-refractivity contribution >= 4 is 23.4 Å². The average molecular weight is 673 g/mol. The minimum Gasteiger partial charge on any atom is -0.448 e. The number of hydrogen-bond donors (Lipinski definition) is 3. The van der Waals surface area contributed by atoms with Crippen LogP contribution in [-0.2, 0) is 14.4 Å². The van der Waals surface area contributed by atoms with Crippen LogP contribution in [0.5, 0.6) is 0 Å². The Balaban J connectivity index is 0.000000261. The number of amides is 2. The van der Waals surface area contributed by atoms with Crippen molar-refractivity contribution in [3.63, 3.8) is 0 Å². The number of rotatable bonds is 18. The third-order valence-electron chi connectivity index (χ3n) is 9.56. The fraction of sp³-hybridized carbons (Fsp3) is 0.722. The average Bonchev–Trinajstić information content (AvgIpc) is 3.79. The van der Waals surface area contributed by atoms with E-state index in [-0.39, 0.29) is 47.8 Å². The maximum absolute atomic E-state index is 12.0. The number of nitrogens with one attached hydrogen (secondary N) is 2. The molecule has 3 N–H and O–H groups in total. The Bertz CT molecular complexity index is 1260. The standard InChI is InChI=1S/C19H30N2O4.C17H26N2O4/c1-3-25-21-18(23)12-16(19-20-17(13-24-19)14(2)22)11-7-10-15-8-5-4-6-9-15;1-12(20)15-11-23-17(18-15)14(10-16(21)19-22)9-5-8-13-6-3-2-4-7-13/h13,15-16H,3-12H2,1-2H3,(H,21,23);11,13-14,22H,2-10H2,1H3,(H,19,21)/t16-;14-/m11/s1. The Morgan fingerprint density at radius 1 is 0.771 bits per heavy atom. The predicted molar refractivity (Wildman–Crippen MR) is 178 cm³/mol. The summed E-state index contributed by atoms with van der Waals surface area (Å²) in [5.41, 5.74) is 4.68. The Kier molecular flexibility index (Phi) is 17.5. The van der Waals surface area contributed by atoms with Crippen LogP contribution in [0.25, 0.3) is 0 Å². The lowest BCUT2D eigenvalue weighted by Crippen LogP contribution is -2.25. The smallest absolute Gasteiger partial charge is 0.244 e. The first-order valence-corrected chi connectivity index (χ1v) is 18.0. The molecule has 4 rings (SSSR count). The van der Waals surface area contributed by atoms with E-state index in [1.807, 2.05) is 6.92 Å². The highest BCUT2D eigenvalue weighted by Crippen LogP contribution is 2.33. The van der Waals surface area contributed by atoms with Crippen LogP contribution in [0, 0.1) is 11.8 Å². The van der Waals surface area contributed by atoms with E-state index in [2.05, 4.69) is 15.4 Å². The molecule has 2 aliphatic carbocycles. The van der Waals surface area contributed by atoms with Crippen molar-refractivity contribution in [2.75, 3.05) is 6.61 Å². The van der Waals surface area contributed by atoms with Crippen LogP contribution in [-0.4, -0.2) is 45.2 Å². The van der Waals surface area contributed by atoms with E-state index in [4.69, 9.17) is 18.9 Å². The lowest BCUT2D eigenvalue weighted by atomic mass is 9.84. The van der Waals surface area contributed by atoms with E-state index in [1.54, 1.807) is 5.48 Å². The predicted octanol–water partition coefficient (Wildman–Crippen LogP) is 7.78. The van der Waals surface area contributed by atoms with Crippen molar-refractivity contribution in [1.29, 1.82) is 0 Å². The molecule has 0 aromatic carbocycles. The summed E-state index contributed by atoms with van der Waals surface area (Å²) >= 11 is 0. The normalized spacial score (nSPS) is 16.8. The third kappa shape index (κ3) is 14.0. The molecule has 0 unspecified atom stereocenters. The molecule has 268 valence electrons. The van der Waals surface area contributed by atoms with Gasteiger partial charge in [0.25, 0.3) is 0 Å². The molecule has 2 aromatic rings. The topological polar surface area (TPSA) is 174 Å². The summed E-state index contributed by atoms with van der Waals surface area (Å²) < 4.78 is 10.9. The van der Waals surface area contributed by atoms with Crippen LogP contribution < -0.4 is 11.0 Å². The van der Waals surface area contributed by atoms with Crippen LogP contribution >= 0.6 is 0 Å². The molecule has 0 radical (unpaired) electrons. The van der Waals surface area contributed by atoms with Crippen LogP contribution in [0.1, 0.15) is 181 Å². The van der Waals surface area contributed by atoms with Gasteiger partial charge in [-0.3, -0.25) is 29.2 Å². The highest BCUT2D eigenvalue weighted by Gasteiger charge is 2.24. The summed E-state index contributed by atoms with van der Waals surface area (Å²) in [5, 5.41) is 8.75. The van der Waals surface area contributed by atoms with Crippen LogP contribution in [0.3, 0.4) is 0 Å². The van der Waals surface area contributed by atoms with Crippen molar-refractivity contribution in [3.8, 4) is 0 Å². The molecule has 2 aliphatic rings. The number of nitrogens with zero attached hydrogens (tertiary/aromatic N) is 2. The quantitative estimate of drug-likeness (QED) is 0.0806. The van der Waals surface area contributed by atoms with E-state index in [0.717, 1.165) is 43.9 Å². The van der Waals surface area contributed by atoms with Crippen molar-refractivity contribution < 1.29 is 38.1 Å². The SMILES string of the molecule is CC(=O)c1coc([C@H](CCCC2CCCCC2)CC(=O)NO)n1.CCONC(=O)C[C@@H](CCCC1CCCCC1)c1nc(C(C)=O)co1. The Hall–Kier alpha value is -3.38. The summed E-state index contributed by atoms with van der Waals surface area (Å²) in [7, 11) is 0. The Morgan fingerprint density at radius 2 is 1.21 bits per heavy atom. The van der Waals surface area contributed by atoms with Crippen molar-refractivity contribution in [2.45, 2.75) is 148 Å². The molecule has 0 spiro atoms. The zero-order valence-electron chi connectivity index (χ0n) is 29.1. The number of oxazole rings is 2. The zero-order valence-corrected chi connectivity index (χ0v) is 29.1. The molecule has 0 saturated heterocycles. The first kappa shape index (κ1) is 39.1. The number of hydrogen-bond acceptors (Lipinski definition) is 10. The maximum atomic E-state index is 12.0. The molecule has 2 fully saturated rings. The summed E-state index contributed by atoms with van der Waals surface area (Å²) in [6.07, 6.45) is 22.3. The van der Waals surface area contributed by atoms with Gasteiger partial charge in [0.05, 0.1) is 6.61 Å². The van der Waals surface area contributed by atoms with Gasteiger partial charge in [-0.1, -0.05) is 89.9 Å². The fourth-order valence-electron chi connectivity index (χ4n) is 6.84. The molecule has 12 heteroatoms. The van der Waals surface area contributed by atoms with Gasteiger partial charge in [0, 0.05) is 38.5 Å². The van der Waals surface area contributed by atoms with Gasteiger partial charge in [-0.05, 0) is 31.6 Å². The van der Waals surface area contributed by atoms with Gasteiger partial charge in [0.15, 0.2) is 23.3 Å². The lowest BCUT2D eigenvalue weighted by Gasteiger charge is -2.22. The molecular weight excluding hydrogens is 616 g/mol. The second-order valence-corrected chi connectivity index (χ2v) is 13.4. The second-order valence-electron chi connectivity index (χ2n) is 13.4. The van der Waals surface area contributed by atoms with Crippen LogP contribution in [0.4, 0.5) is 0 Å². The Labute approximate surface area is 284 Å². The zero-order chi connectivity index (χ0) is 34.7. The van der Waals surface area contributed by atoms with Gasteiger partial charge in [-0.2, -0.15) is 0 Å². The maximum Gasteiger partial charge on any atom is 0.244 e. The van der Waals surface area contributed by atoms with E-state index < -0.39 is 5.91 Å². The van der Waals surface area contributed by atoms with Gasteiger partial charge in [0.1, 0.15) is 23.9 Å². The third-order valence-corrected chi connectivity index (χ3v) is 9.56. The Morgan fingerprint density at radius 3 is 1.58 bits per heavy atom.